The lowest BCUT2D eigenvalue weighted by molar-refractivity contribution is -0.0283. The summed E-state index contributed by atoms with van der Waals surface area (Å²) in [5, 5.41) is 0. The van der Waals surface area contributed by atoms with Crippen molar-refractivity contribution >= 4 is 0 Å². The smallest absolute Gasteiger partial charge is 0.0967 e. The van der Waals surface area contributed by atoms with E-state index in [9.17, 15) is 0 Å². The molecule has 2 rings (SSSR count). The van der Waals surface area contributed by atoms with Gasteiger partial charge in [-0.05, 0) is 19.5 Å². The van der Waals surface area contributed by atoms with Gasteiger partial charge in [-0.15, -0.1) is 0 Å². The molecule has 1 unspecified atom stereocenters. The molecule has 1 aliphatic heterocycles. The molecule has 15 heavy (non-hydrogen) atoms. The normalized spacial score (nSPS) is 22.9. The van der Waals surface area contributed by atoms with Crippen LogP contribution in [0.2, 0.25) is 0 Å². The van der Waals surface area contributed by atoms with Crippen molar-refractivity contribution in [3.05, 3.63) is 29.6 Å². The fourth-order valence-corrected chi connectivity index (χ4v) is 1.86. The zero-order chi connectivity index (χ0) is 10.7. The molecule has 1 saturated heterocycles. The minimum Gasteiger partial charge on any atom is -0.371 e. The van der Waals surface area contributed by atoms with Gasteiger partial charge in [0.05, 0.1) is 12.7 Å². The van der Waals surface area contributed by atoms with E-state index in [0.29, 0.717) is 0 Å². The van der Waals surface area contributed by atoms with Gasteiger partial charge >= 0.3 is 0 Å². The van der Waals surface area contributed by atoms with Crippen molar-refractivity contribution in [1.29, 1.82) is 0 Å². The maximum Gasteiger partial charge on any atom is 0.0967 e. The van der Waals surface area contributed by atoms with Gasteiger partial charge in [0.2, 0.25) is 0 Å². The lowest BCUT2D eigenvalue weighted by atomic mass is 10.1. The fraction of sp³-hybridized carbons (Fsp3) is 0.583. The molecule has 0 bridgehead atoms. The average Bonchev–Trinajstić information content (AvgIpc) is 2.30. The molecule has 3 heteroatoms. The number of ether oxygens (including phenoxy) is 1. The third-order valence-electron chi connectivity index (χ3n) is 2.90. The number of likely N-dealkylation sites (N-methyl/N-ethyl adjacent to an activating group) is 1. The molecule has 0 N–H and O–H groups in total. The first kappa shape index (κ1) is 10.6. The number of nitrogens with zero attached hydrogens (tertiary/aromatic N) is 2. The standard InChI is InChI=1S/C12H18N2O/c1-3-14-6-7-15-12(9-14)11-5-4-10(2)13-8-11/h4-5,8,12H,3,6-7,9H2,1-2H3. The number of hydrogen-bond donors (Lipinski definition) is 0. The summed E-state index contributed by atoms with van der Waals surface area (Å²) in [6, 6.07) is 4.16. The van der Waals surface area contributed by atoms with Crippen molar-refractivity contribution in [2.45, 2.75) is 20.0 Å². The Morgan fingerprint density at radius 2 is 2.40 bits per heavy atom. The van der Waals surface area contributed by atoms with Gasteiger partial charge in [-0.1, -0.05) is 13.0 Å². The summed E-state index contributed by atoms with van der Waals surface area (Å²) >= 11 is 0. The monoisotopic (exact) mass is 206 g/mol. The molecule has 0 spiro atoms. The maximum absolute atomic E-state index is 5.75. The highest BCUT2D eigenvalue weighted by Crippen LogP contribution is 2.21. The minimum atomic E-state index is 0.201. The molecule has 1 fully saturated rings. The number of hydrogen-bond acceptors (Lipinski definition) is 3. The van der Waals surface area contributed by atoms with Gasteiger partial charge in [0.1, 0.15) is 0 Å². The van der Waals surface area contributed by atoms with Gasteiger partial charge in [-0.2, -0.15) is 0 Å². The molecule has 1 aromatic rings. The minimum absolute atomic E-state index is 0.201. The van der Waals surface area contributed by atoms with Crippen LogP contribution in [0.15, 0.2) is 18.3 Å². The molecule has 1 aliphatic rings. The van der Waals surface area contributed by atoms with Crippen LogP contribution in [-0.2, 0) is 4.74 Å². The summed E-state index contributed by atoms with van der Waals surface area (Å²) in [6.45, 7) is 8.15. The fourth-order valence-electron chi connectivity index (χ4n) is 1.86. The lowest BCUT2D eigenvalue weighted by Crippen LogP contribution is -2.38. The summed E-state index contributed by atoms with van der Waals surface area (Å²) in [4.78, 5) is 6.72. The predicted molar refractivity (Wildman–Crippen MR) is 59.8 cm³/mol. The van der Waals surface area contributed by atoms with Gasteiger partial charge in [-0.25, -0.2) is 0 Å². The Balaban J connectivity index is 2.06. The van der Waals surface area contributed by atoms with Gasteiger partial charge in [-0.3, -0.25) is 9.88 Å². The van der Waals surface area contributed by atoms with Gasteiger partial charge in [0, 0.05) is 30.5 Å². The van der Waals surface area contributed by atoms with Crippen molar-refractivity contribution in [2.24, 2.45) is 0 Å². The van der Waals surface area contributed by atoms with E-state index in [1.54, 1.807) is 0 Å². The van der Waals surface area contributed by atoms with Gasteiger partial charge < -0.3 is 4.74 Å². The van der Waals surface area contributed by atoms with E-state index in [4.69, 9.17) is 4.74 Å². The summed E-state index contributed by atoms with van der Waals surface area (Å²) in [5.41, 5.74) is 2.25. The van der Waals surface area contributed by atoms with E-state index in [-0.39, 0.29) is 6.10 Å². The van der Waals surface area contributed by atoms with Crippen LogP contribution < -0.4 is 0 Å². The molecule has 0 radical (unpaired) electrons. The first-order chi connectivity index (χ1) is 7.29. The van der Waals surface area contributed by atoms with Crippen LogP contribution in [0.25, 0.3) is 0 Å². The van der Waals surface area contributed by atoms with Crippen molar-refractivity contribution in [1.82, 2.24) is 9.88 Å². The van der Waals surface area contributed by atoms with Crippen LogP contribution in [0.3, 0.4) is 0 Å². The van der Waals surface area contributed by atoms with Gasteiger partial charge in [0.15, 0.2) is 0 Å². The van der Waals surface area contributed by atoms with E-state index < -0.39 is 0 Å². The molecule has 0 saturated carbocycles. The van der Waals surface area contributed by atoms with E-state index in [2.05, 4.69) is 22.9 Å². The summed E-state index contributed by atoms with van der Waals surface area (Å²) in [6.07, 6.45) is 2.13. The largest absolute Gasteiger partial charge is 0.371 e. The highest BCUT2D eigenvalue weighted by molar-refractivity contribution is 5.16. The van der Waals surface area contributed by atoms with Crippen LogP contribution in [-0.4, -0.2) is 36.1 Å². The molecule has 1 aromatic heterocycles. The Kier molecular flexibility index (Phi) is 3.34. The summed E-state index contributed by atoms with van der Waals surface area (Å²) < 4.78 is 5.75. The average molecular weight is 206 g/mol. The first-order valence-corrected chi connectivity index (χ1v) is 5.56. The zero-order valence-electron chi connectivity index (χ0n) is 9.44. The van der Waals surface area contributed by atoms with Crippen molar-refractivity contribution in [3.63, 3.8) is 0 Å². The third kappa shape index (κ3) is 2.55. The van der Waals surface area contributed by atoms with Crippen molar-refractivity contribution in [2.75, 3.05) is 26.2 Å². The number of pyridine rings is 1. The quantitative estimate of drug-likeness (QED) is 0.737. The van der Waals surface area contributed by atoms with E-state index in [1.807, 2.05) is 19.2 Å². The topological polar surface area (TPSA) is 25.4 Å². The van der Waals surface area contributed by atoms with Crippen LogP contribution in [0.4, 0.5) is 0 Å². The van der Waals surface area contributed by atoms with Gasteiger partial charge in [0.25, 0.3) is 0 Å². The van der Waals surface area contributed by atoms with Crippen LogP contribution >= 0.6 is 0 Å². The number of aryl methyl sites for hydroxylation is 1. The third-order valence-corrected chi connectivity index (χ3v) is 2.90. The van der Waals surface area contributed by atoms with Crippen LogP contribution in [0.5, 0.6) is 0 Å². The summed E-state index contributed by atoms with van der Waals surface area (Å²) in [7, 11) is 0. The Morgan fingerprint density at radius 1 is 1.53 bits per heavy atom. The second-order valence-electron chi connectivity index (χ2n) is 3.99. The van der Waals surface area contributed by atoms with Crippen molar-refractivity contribution < 1.29 is 4.74 Å². The molecule has 2 heterocycles. The molecular formula is C12H18N2O. The molecule has 3 nitrogen and oxygen atoms in total. The van der Waals surface area contributed by atoms with Crippen molar-refractivity contribution in [3.8, 4) is 0 Å². The van der Waals surface area contributed by atoms with E-state index in [0.717, 1.165) is 31.9 Å². The SMILES string of the molecule is CCN1CCOC(c2ccc(C)nc2)C1. The highest BCUT2D eigenvalue weighted by Gasteiger charge is 2.20. The molecule has 0 aliphatic carbocycles. The Morgan fingerprint density at radius 3 is 3.07 bits per heavy atom. The zero-order valence-corrected chi connectivity index (χ0v) is 9.44. The number of morpholine rings is 1. The lowest BCUT2D eigenvalue weighted by Gasteiger charge is -2.32. The number of aromatic nitrogens is 1. The predicted octanol–water partition coefficient (Wildman–Crippen LogP) is 1.78. The van der Waals surface area contributed by atoms with Crippen LogP contribution in [0.1, 0.15) is 24.3 Å². The van der Waals surface area contributed by atoms with Crippen LogP contribution in [0, 0.1) is 6.92 Å². The molecule has 82 valence electrons. The summed E-state index contributed by atoms with van der Waals surface area (Å²) in [5.74, 6) is 0. The molecule has 0 amide bonds. The number of rotatable bonds is 2. The molecular weight excluding hydrogens is 188 g/mol. The second-order valence-corrected chi connectivity index (χ2v) is 3.99. The Hall–Kier alpha value is -0.930. The maximum atomic E-state index is 5.75. The first-order valence-electron chi connectivity index (χ1n) is 5.56. The Labute approximate surface area is 91.1 Å². The van der Waals surface area contributed by atoms with E-state index >= 15 is 0 Å². The molecule has 0 aromatic carbocycles. The van der Waals surface area contributed by atoms with E-state index in [1.165, 1.54) is 5.56 Å². The second kappa shape index (κ2) is 4.73. The molecule has 1 atom stereocenters. The Bertz CT molecular complexity index is 310. The highest BCUT2D eigenvalue weighted by atomic mass is 16.5.